The number of nitrogen functional groups attached to an aromatic ring is 1. The van der Waals surface area contributed by atoms with E-state index < -0.39 is 5.97 Å². The van der Waals surface area contributed by atoms with Crippen LogP contribution in [0.15, 0.2) is 41.3 Å². The van der Waals surface area contributed by atoms with Crippen molar-refractivity contribution in [2.45, 2.75) is 4.90 Å². The van der Waals surface area contributed by atoms with Crippen LogP contribution in [-0.2, 0) is 4.74 Å². The fourth-order valence-electron chi connectivity index (χ4n) is 1.51. The Morgan fingerprint density at radius 2 is 1.90 bits per heavy atom. The summed E-state index contributed by atoms with van der Waals surface area (Å²) in [4.78, 5) is 16.6. The van der Waals surface area contributed by atoms with Crippen LogP contribution in [0.5, 0.6) is 11.6 Å². The molecule has 104 valence electrons. The summed E-state index contributed by atoms with van der Waals surface area (Å²) in [5, 5.41) is 0. The summed E-state index contributed by atoms with van der Waals surface area (Å²) in [6, 6.07) is 10.5. The van der Waals surface area contributed by atoms with E-state index in [1.54, 1.807) is 17.8 Å². The van der Waals surface area contributed by atoms with E-state index in [-0.39, 0.29) is 11.6 Å². The van der Waals surface area contributed by atoms with Crippen molar-refractivity contribution in [1.82, 2.24) is 4.98 Å². The number of hydrogen-bond donors (Lipinski definition) is 1. The number of ether oxygens (including phenoxy) is 2. The zero-order valence-corrected chi connectivity index (χ0v) is 11.9. The lowest BCUT2D eigenvalue weighted by Gasteiger charge is -2.09. The number of benzene rings is 1. The van der Waals surface area contributed by atoms with E-state index in [0.29, 0.717) is 11.4 Å². The highest BCUT2D eigenvalue weighted by Gasteiger charge is 2.12. The average Bonchev–Trinajstić information content (AvgIpc) is 2.49. The summed E-state index contributed by atoms with van der Waals surface area (Å²) < 4.78 is 10.2. The van der Waals surface area contributed by atoms with Gasteiger partial charge in [-0.15, -0.1) is 11.8 Å². The zero-order chi connectivity index (χ0) is 14.5. The maximum absolute atomic E-state index is 11.4. The predicted molar refractivity (Wildman–Crippen MR) is 78.3 cm³/mol. The van der Waals surface area contributed by atoms with Gasteiger partial charge in [0.2, 0.25) is 5.88 Å². The molecule has 6 heteroatoms. The third-order valence-electron chi connectivity index (χ3n) is 2.56. The Hall–Kier alpha value is -2.21. The van der Waals surface area contributed by atoms with Crippen LogP contribution in [0.4, 0.5) is 5.69 Å². The molecule has 2 aromatic rings. The van der Waals surface area contributed by atoms with Crippen molar-refractivity contribution < 1.29 is 14.3 Å². The van der Waals surface area contributed by atoms with Gasteiger partial charge in [0.15, 0.2) is 5.69 Å². The highest BCUT2D eigenvalue weighted by molar-refractivity contribution is 7.98. The number of aromatic nitrogens is 1. The van der Waals surface area contributed by atoms with Gasteiger partial charge in [0.05, 0.1) is 12.8 Å². The Morgan fingerprint density at radius 3 is 2.50 bits per heavy atom. The fourth-order valence-corrected chi connectivity index (χ4v) is 1.91. The summed E-state index contributed by atoms with van der Waals surface area (Å²) >= 11 is 1.64. The topological polar surface area (TPSA) is 74.4 Å². The Balaban J connectivity index is 2.25. The van der Waals surface area contributed by atoms with Gasteiger partial charge in [-0.2, -0.15) is 0 Å². The van der Waals surface area contributed by atoms with Crippen LogP contribution in [-0.4, -0.2) is 24.3 Å². The molecular formula is C14H14N2O3S. The molecule has 0 fully saturated rings. The molecule has 1 heterocycles. The first-order valence-electron chi connectivity index (χ1n) is 5.81. The lowest BCUT2D eigenvalue weighted by atomic mass is 10.3. The lowest BCUT2D eigenvalue weighted by Crippen LogP contribution is -2.06. The molecule has 2 N–H and O–H groups in total. The standard InChI is InChI=1S/C14H14N2O3S/c1-18-14(17)12-8-7-11(15)13(16-12)19-9-3-5-10(20-2)6-4-9/h3-8H,15H2,1-2H3. The van der Waals surface area contributed by atoms with Gasteiger partial charge in [-0.05, 0) is 42.7 Å². The van der Waals surface area contributed by atoms with Crippen LogP contribution in [0.1, 0.15) is 10.5 Å². The molecule has 1 aromatic carbocycles. The maximum atomic E-state index is 11.4. The van der Waals surface area contributed by atoms with Crippen LogP contribution in [0, 0.1) is 0 Å². The molecule has 2 rings (SSSR count). The van der Waals surface area contributed by atoms with E-state index in [2.05, 4.69) is 9.72 Å². The molecule has 0 saturated heterocycles. The molecule has 5 nitrogen and oxygen atoms in total. The lowest BCUT2D eigenvalue weighted by molar-refractivity contribution is 0.0593. The van der Waals surface area contributed by atoms with Gasteiger partial charge in [0, 0.05) is 4.90 Å². The van der Waals surface area contributed by atoms with Gasteiger partial charge >= 0.3 is 5.97 Å². The fraction of sp³-hybridized carbons (Fsp3) is 0.143. The number of hydrogen-bond acceptors (Lipinski definition) is 6. The largest absolute Gasteiger partial charge is 0.464 e. The minimum atomic E-state index is -0.535. The van der Waals surface area contributed by atoms with E-state index in [1.165, 1.54) is 13.2 Å². The molecule has 0 aliphatic carbocycles. The van der Waals surface area contributed by atoms with Gasteiger partial charge in [-0.1, -0.05) is 0 Å². The minimum absolute atomic E-state index is 0.150. The monoisotopic (exact) mass is 290 g/mol. The Kier molecular flexibility index (Phi) is 4.47. The summed E-state index contributed by atoms with van der Waals surface area (Å²) in [7, 11) is 1.29. The molecule has 0 saturated carbocycles. The summed E-state index contributed by atoms with van der Waals surface area (Å²) in [6.45, 7) is 0. The van der Waals surface area contributed by atoms with E-state index >= 15 is 0 Å². The number of pyridine rings is 1. The Labute approximate surface area is 121 Å². The van der Waals surface area contributed by atoms with E-state index in [9.17, 15) is 4.79 Å². The first kappa shape index (κ1) is 14.2. The second kappa shape index (κ2) is 6.29. The van der Waals surface area contributed by atoms with Crippen molar-refractivity contribution in [2.24, 2.45) is 0 Å². The molecule has 0 radical (unpaired) electrons. The van der Waals surface area contributed by atoms with Crippen LogP contribution in [0.25, 0.3) is 0 Å². The van der Waals surface area contributed by atoms with Crippen molar-refractivity contribution >= 4 is 23.4 Å². The Morgan fingerprint density at radius 1 is 1.20 bits per heavy atom. The summed E-state index contributed by atoms with van der Waals surface area (Å²) in [5.74, 6) is 0.251. The van der Waals surface area contributed by atoms with Crippen molar-refractivity contribution in [3.8, 4) is 11.6 Å². The molecule has 1 aromatic heterocycles. The summed E-state index contributed by atoms with van der Waals surface area (Å²) in [6.07, 6.45) is 2.00. The number of esters is 1. The van der Waals surface area contributed by atoms with Crippen molar-refractivity contribution in [2.75, 3.05) is 19.1 Å². The number of nitrogens with two attached hydrogens (primary N) is 1. The average molecular weight is 290 g/mol. The van der Waals surface area contributed by atoms with E-state index in [4.69, 9.17) is 10.5 Å². The first-order chi connectivity index (χ1) is 9.63. The van der Waals surface area contributed by atoms with Crippen LogP contribution < -0.4 is 10.5 Å². The highest BCUT2D eigenvalue weighted by atomic mass is 32.2. The molecule has 20 heavy (non-hydrogen) atoms. The number of methoxy groups -OCH3 is 1. The Bertz CT molecular complexity index is 614. The minimum Gasteiger partial charge on any atom is -0.464 e. The van der Waals surface area contributed by atoms with Crippen LogP contribution in [0.2, 0.25) is 0 Å². The highest BCUT2D eigenvalue weighted by Crippen LogP contribution is 2.27. The van der Waals surface area contributed by atoms with Gasteiger partial charge < -0.3 is 15.2 Å². The van der Waals surface area contributed by atoms with Crippen LogP contribution in [0.3, 0.4) is 0 Å². The molecule has 0 bridgehead atoms. The second-order valence-corrected chi connectivity index (χ2v) is 4.74. The van der Waals surface area contributed by atoms with E-state index in [1.807, 2.05) is 30.5 Å². The number of carbonyl (C=O) groups is 1. The van der Waals surface area contributed by atoms with Crippen molar-refractivity contribution in [3.05, 3.63) is 42.1 Å². The molecule has 0 spiro atoms. The predicted octanol–water partition coefficient (Wildman–Crippen LogP) is 2.96. The van der Waals surface area contributed by atoms with E-state index in [0.717, 1.165) is 4.90 Å². The molecule has 0 aliphatic heterocycles. The maximum Gasteiger partial charge on any atom is 0.356 e. The first-order valence-corrected chi connectivity index (χ1v) is 7.03. The van der Waals surface area contributed by atoms with Crippen molar-refractivity contribution in [1.29, 1.82) is 0 Å². The number of anilines is 1. The molecule has 0 amide bonds. The number of nitrogens with zero attached hydrogens (tertiary/aromatic N) is 1. The molecule has 0 aliphatic rings. The molecule has 0 atom stereocenters. The van der Waals surface area contributed by atoms with Crippen LogP contribution >= 0.6 is 11.8 Å². The third kappa shape index (κ3) is 3.21. The SMILES string of the molecule is COC(=O)c1ccc(N)c(Oc2ccc(SC)cc2)n1. The van der Waals surface area contributed by atoms with Gasteiger partial charge in [0.25, 0.3) is 0 Å². The summed E-state index contributed by atoms with van der Waals surface area (Å²) in [5.41, 5.74) is 6.29. The van der Waals surface area contributed by atoms with Gasteiger partial charge in [0.1, 0.15) is 5.75 Å². The second-order valence-electron chi connectivity index (χ2n) is 3.86. The van der Waals surface area contributed by atoms with Gasteiger partial charge in [-0.3, -0.25) is 0 Å². The molecular weight excluding hydrogens is 276 g/mol. The number of carbonyl (C=O) groups excluding carboxylic acids is 1. The van der Waals surface area contributed by atoms with Gasteiger partial charge in [-0.25, -0.2) is 9.78 Å². The zero-order valence-electron chi connectivity index (χ0n) is 11.1. The number of thioether (sulfide) groups is 1. The smallest absolute Gasteiger partial charge is 0.356 e. The normalized spacial score (nSPS) is 10.1. The quantitative estimate of drug-likeness (QED) is 0.689. The van der Waals surface area contributed by atoms with Crippen molar-refractivity contribution in [3.63, 3.8) is 0 Å². The third-order valence-corrected chi connectivity index (χ3v) is 3.30. The molecule has 0 unspecified atom stereocenters. The number of rotatable bonds is 4.